The molecule has 1 aliphatic heterocycles. The summed E-state index contributed by atoms with van der Waals surface area (Å²) >= 11 is 5.48. The quantitative estimate of drug-likeness (QED) is 0.723. The van der Waals surface area contributed by atoms with Crippen molar-refractivity contribution >= 4 is 33.4 Å². The molecule has 2 heterocycles. The van der Waals surface area contributed by atoms with E-state index in [1.165, 1.54) is 31.2 Å². The number of hydrogen-bond acceptors (Lipinski definition) is 5. The zero-order valence-corrected chi connectivity index (χ0v) is 16.6. The number of halogens is 2. The van der Waals surface area contributed by atoms with E-state index < -0.39 is 21.8 Å². The second-order valence-electron chi connectivity index (χ2n) is 6.22. The van der Waals surface area contributed by atoms with Gasteiger partial charge in [0.1, 0.15) is 16.5 Å². The molecule has 28 heavy (non-hydrogen) atoms. The van der Waals surface area contributed by atoms with Crippen molar-refractivity contribution < 1.29 is 22.2 Å². The number of primary amides is 1. The molecule has 0 bridgehead atoms. The number of aromatic nitrogens is 1. The summed E-state index contributed by atoms with van der Waals surface area (Å²) in [7, 11) is -4.14. The standard InChI is InChI=1S/C11H16N2O3S.C7H5ClFNO/c14-17(15,16)10-5-6-11(12-9-10)13-7-3-1-2-4-8-13;8-6-3-4(9)1-2-5(6)7(10)11/h5-6,9H,1-4,7-8H2,(H,14,15,16);1-3H,(H2,10,11). The van der Waals surface area contributed by atoms with E-state index in [4.69, 9.17) is 21.9 Å². The SMILES string of the molecule is NC(=O)c1ccc(F)cc1Cl.O=S(=O)(O)c1ccc(N2CCCCCC2)nc1. The highest BCUT2D eigenvalue weighted by Crippen LogP contribution is 2.19. The summed E-state index contributed by atoms with van der Waals surface area (Å²) in [6.45, 7) is 1.91. The third-order valence-electron chi connectivity index (χ3n) is 4.15. The highest BCUT2D eigenvalue weighted by atomic mass is 35.5. The second kappa shape index (κ2) is 9.81. The van der Waals surface area contributed by atoms with Crippen molar-refractivity contribution in [3.8, 4) is 0 Å². The maximum atomic E-state index is 12.4. The normalized spacial score (nSPS) is 14.6. The molecule has 1 fully saturated rings. The van der Waals surface area contributed by atoms with Gasteiger partial charge in [-0.1, -0.05) is 24.4 Å². The van der Waals surface area contributed by atoms with Crippen LogP contribution in [0.4, 0.5) is 10.2 Å². The van der Waals surface area contributed by atoms with Gasteiger partial charge in [0.25, 0.3) is 10.1 Å². The number of carbonyl (C=O) groups is 1. The molecule has 0 spiro atoms. The maximum Gasteiger partial charge on any atom is 0.296 e. The fourth-order valence-corrected chi connectivity index (χ4v) is 3.39. The smallest absolute Gasteiger partial charge is 0.296 e. The Kier molecular flexibility index (Phi) is 7.73. The lowest BCUT2D eigenvalue weighted by atomic mass is 10.2. The summed E-state index contributed by atoms with van der Waals surface area (Å²) in [5.41, 5.74) is 5.05. The average molecular weight is 430 g/mol. The van der Waals surface area contributed by atoms with Crippen molar-refractivity contribution in [2.75, 3.05) is 18.0 Å². The number of rotatable bonds is 3. The Hall–Kier alpha value is -2.23. The lowest BCUT2D eigenvalue weighted by molar-refractivity contribution is 0.100. The Bertz CT molecular complexity index is 915. The van der Waals surface area contributed by atoms with E-state index in [1.807, 2.05) is 0 Å². The largest absolute Gasteiger partial charge is 0.366 e. The van der Waals surface area contributed by atoms with E-state index in [-0.39, 0.29) is 15.5 Å². The molecule has 1 amide bonds. The predicted octanol–water partition coefficient (Wildman–Crippen LogP) is 3.29. The molecule has 3 N–H and O–H groups in total. The monoisotopic (exact) mass is 429 g/mol. The van der Waals surface area contributed by atoms with Crippen LogP contribution in [0.25, 0.3) is 0 Å². The molecule has 0 saturated carbocycles. The molecule has 152 valence electrons. The summed E-state index contributed by atoms with van der Waals surface area (Å²) in [5.74, 6) is -0.366. The minimum absolute atomic E-state index is 0.0394. The van der Waals surface area contributed by atoms with E-state index in [1.54, 1.807) is 6.07 Å². The maximum absolute atomic E-state index is 12.4. The van der Waals surface area contributed by atoms with E-state index in [2.05, 4.69) is 9.88 Å². The first-order valence-electron chi connectivity index (χ1n) is 8.62. The van der Waals surface area contributed by atoms with Crippen LogP contribution in [0.15, 0.2) is 41.4 Å². The fraction of sp³-hybridized carbons (Fsp3) is 0.333. The summed E-state index contributed by atoms with van der Waals surface area (Å²) in [6.07, 6.45) is 5.96. The van der Waals surface area contributed by atoms with Crippen LogP contribution in [0.3, 0.4) is 0 Å². The zero-order chi connectivity index (χ0) is 20.7. The van der Waals surface area contributed by atoms with Gasteiger partial charge in [-0.05, 0) is 43.2 Å². The van der Waals surface area contributed by atoms with Gasteiger partial charge in [0, 0.05) is 13.1 Å². The Morgan fingerprint density at radius 2 is 1.79 bits per heavy atom. The molecule has 10 heteroatoms. The molecule has 3 rings (SSSR count). The molecule has 1 saturated heterocycles. The number of pyridine rings is 1. The van der Waals surface area contributed by atoms with Crippen molar-refractivity contribution in [3.63, 3.8) is 0 Å². The molecule has 0 atom stereocenters. The van der Waals surface area contributed by atoms with Crippen molar-refractivity contribution in [1.82, 2.24) is 4.98 Å². The molecular formula is C18H21ClFN3O4S. The van der Waals surface area contributed by atoms with Crippen LogP contribution in [0.2, 0.25) is 5.02 Å². The zero-order valence-electron chi connectivity index (χ0n) is 15.0. The van der Waals surface area contributed by atoms with Gasteiger partial charge in [-0.15, -0.1) is 0 Å². The third kappa shape index (κ3) is 6.43. The predicted molar refractivity (Wildman–Crippen MR) is 105 cm³/mol. The first-order valence-corrected chi connectivity index (χ1v) is 10.4. The lowest BCUT2D eigenvalue weighted by Gasteiger charge is -2.21. The highest BCUT2D eigenvalue weighted by molar-refractivity contribution is 7.85. The molecule has 0 radical (unpaired) electrons. The number of nitrogens with two attached hydrogens (primary N) is 1. The fourth-order valence-electron chi connectivity index (χ4n) is 2.70. The number of amides is 1. The Morgan fingerprint density at radius 3 is 2.25 bits per heavy atom. The molecule has 7 nitrogen and oxygen atoms in total. The van der Waals surface area contributed by atoms with E-state index >= 15 is 0 Å². The molecule has 0 unspecified atom stereocenters. The van der Waals surface area contributed by atoms with Crippen molar-refractivity contribution in [2.45, 2.75) is 30.6 Å². The van der Waals surface area contributed by atoms with Gasteiger partial charge < -0.3 is 10.6 Å². The summed E-state index contributed by atoms with van der Waals surface area (Å²) < 4.78 is 43.0. The number of benzene rings is 1. The number of nitrogens with zero attached hydrogens (tertiary/aromatic N) is 2. The Balaban J connectivity index is 0.000000221. The molecule has 0 aliphatic carbocycles. The van der Waals surface area contributed by atoms with Crippen molar-refractivity contribution in [2.24, 2.45) is 5.73 Å². The van der Waals surface area contributed by atoms with Gasteiger partial charge in [0.2, 0.25) is 5.91 Å². The molecular weight excluding hydrogens is 409 g/mol. The summed E-state index contributed by atoms with van der Waals surface area (Å²) in [4.78, 5) is 16.6. The van der Waals surface area contributed by atoms with Crippen LogP contribution in [-0.4, -0.2) is 37.0 Å². The van der Waals surface area contributed by atoms with Crippen LogP contribution in [0.5, 0.6) is 0 Å². The number of hydrogen-bond donors (Lipinski definition) is 2. The molecule has 2 aromatic rings. The number of carbonyl (C=O) groups excluding carboxylic acids is 1. The first-order chi connectivity index (χ1) is 13.2. The van der Waals surface area contributed by atoms with Gasteiger partial charge in [-0.3, -0.25) is 9.35 Å². The van der Waals surface area contributed by atoms with Crippen LogP contribution in [-0.2, 0) is 10.1 Å². The van der Waals surface area contributed by atoms with Gasteiger partial charge in [-0.2, -0.15) is 8.42 Å². The van der Waals surface area contributed by atoms with Gasteiger partial charge in [-0.25, -0.2) is 9.37 Å². The van der Waals surface area contributed by atoms with E-state index in [0.717, 1.165) is 43.9 Å². The van der Waals surface area contributed by atoms with Gasteiger partial charge >= 0.3 is 0 Å². The van der Waals surface area contributed by atoms with Crippen molar-refractivity contribution in [3.05, 3.63) is 52.9 Å². The lowest BCUT2D eigenvalue weighted by Crippen LogP contribution is -2.24. The topological polar surface area (TPSA) is 114 Å². The average Bonchev–Trinajstić information content (AvgIpc) is 2.91. The summed E-state index contributed by atoms with van der Waals surface area (Å²) in [6, 6.07) is 6.46. The van der Waals surface area contributed by atoms with Crippen LogP contribution in [0.1, 0.15) is 36.0 Å². The van der Waals surface area contributed by atoms with E-state index in [9.17, 15) is 17.6 Å². The second-order valence-corrected chi connectivity index (χ2v) is 8.05. The molecule has 1 aliphatic rings. The van der Waals surface area contributed by atoms with Crippen molar-refractivity contribution in [1.29, 1.82) is 0 Å². The molecule has 1 aromatic heterocycles. The van der Waals surface area contributed by atoms with E-state index in [0.29, 0.717) is 0 Å². The highest BCUT2D eigenvalue weighted by Gasteiger charge is 2.14. The number of anilines is 1. The first kappa shape index (κ1) is 22.1. The van der Waals surface area contributed by atoms with Crippen LogP contribution >= 0.6 is 11.6 Å². The van der Waals surface area contributed by atoms with Crippen LogP contribution in [0, 0.1) is 5.82 Å². The molecule has 1 aromatic carbocycles. The minimum Gasteiger partial charge on any atom is -0.366 e. The van der Waals surface area contributed by atoms with Gasteiger partial charge in [0.15, 0.2) is 0 Å². The minimum atomic E-state index is -4.14. The van der Waals surface area contributed by atoms with Gasteiger partial charge in [0.05, 0.1) is 16.8 Å². The Labute approximate surface area is 168 Å². The third-order valence-corrected chi connectivity index (χ3v) is 5.30. The summed E-state index contributed by atoms with van der Waals surface area (Å²) in [5, 5.41) is 0.0394. The van der Waals surface area contributed by atoms with Crippen LogP contribution < -0.4 is 10.6 Å². The Morgan fingerprint density at radius 1 is 1.14 bits per heavy atom.